The van der Waals surface area contributed by atoms with Gasteiger partial charge in [-0.2, -0.15) is 0 Å². The van der Waals surface area contributed by atoms with Gasteiger partial charge >= 0.3 is 6.09 Å². The van der Waals surface area contributed by atoms with Gasteiger partial charge in [-0.05, 0) is 45.2 Å². The molecule has 21 heavy (non-hydrogen) atoms. The van der Waals surface area contributed by atoms with Crippen LogP contribution in [0.1, 0.15) is 32.9 Å². The topological polar surface area (TPSA) is 46.5 Å². The Bertz CT molecular complexity index is 476. The van der Waals surface area contributed by atoms with Crippen LogP contribution in [0.25, 0.3) is 0 Å². The van der Waals surface area contributed by atoms with Crippen molar-refractivity contribution >= 4 is 6.09 Å². The smallest absolute Gasteiger partial charge is 0.410 e. The number of ether oxygens (including phenoxy) is 1. The van der Waals surface area contributed by atoms with Crippen LogP contribution in [0.4, 0.5) is 4.79 Å². The summed E-state index contributed by atoms with van der Waals surface area (Å²) in [6, 6.07) is 4.17. The predicted molar refractivity (Wildman–Crippen MR) is 83.0 cm³/mol. The van der Waals surface area contributed by atoms with Crippen LogP contribution in [0.15, 0.2) is 18.3 Å². The summed E-state index contributed by atoms with van der Waals surface area (Å²) >= 11 is 0. The summed E-state index contributed by atoms with van der Waals surface area (Å²) < 4.78 is 7.53. The average Bonchev–Trinajstić information content (AvgIpc) is 2.97. The van der Waals surface area contributed by atoms with Crippen molar-refractivity contribution < 1.29 is 9.53 Å². The molecule has 1 amide bonds. The number of carbonyl (C=O) groups is 1. The number of nitrogens with one attached hydrogen (secondary N) is 1. The normalized spacial score (nSPS) is 19.0. The summed E-state index contributed by atoms with van der Waals surface area (Å²) in [6.45, 7) is 9.09. The van der Waals surface area contributed by atoms with E-state index < -0.39 is 5.60 Å². The maximum Gasteiger partial charge on any atom is 0.410 e. The molecule has 118 valence electrons. The number of aryl methyl sites for hydroxylation is 1. The molecule has 1 saturated heterocycles. The second kappa shape index (κ2) is 6.52. The third kappa shape index (κ3) is 4.77. The van der Waals surface area contributed by atoms with Crippen LogP contribution in [0.5, 0.6) is 0 Å². The Morgan fingerprint density at radius 1 is 1.48 bits per heavy atom. The Morgan fingerprint density at radius 2 is 2.24 bits per heavy atom. The van der Waals surface area contributed by atoms with Crippen molar-refractivity contribution in [3.8, 4) is 0 Å². The Kier molecular flexibility index (Phi) is 4.93. The lowest BCUT2D eigenvalue weighted by molar-refractivity contribution is 0.0288. The SMILES string of the molecule is Cn1cccc1CNC[C@@H]1CCN(C(=O)OC(C)(C)C)C1. The van der Waals surface area contributed by atoms with Crippen molar-refractivity contribution in [3.05, 3.63) is 24.0 Å². The quantitative estimate of drug-likeness (QED) is 0.927. The first-order valence-corrected chi connectivity index (χ1v) is 7.64. The summed E-state index contributed by atoms with van der Waals surface area (Å²) in [7, 11) is 2.05. The molecule has 5 nitrogen and oxygen atoms in total. The molecule has 0 unspecified atom stereocenters. The largest absolute Gasteiger partial charge is 0.444 e. The summed E-state index contributed by atoms with van der Waals surface area (Å²) in [6.07, 6.45) is 2.91. The zero-order valence-electron chi connectivity index (χ0n) is 13.6. The number of likely N-dealkylation sites (tertiary alicyclic amines) is 1. The Balaban J connectivity index is 1.70. The molecule has 1 aliphatic rings. The maximum atomic E-state index is 12.0. The van der Waals surface area contributed by atoms with Gasteiger partial charge in [0.05, 0.1) is 0 Å². The van der Waals surface area contributed by atoms with Crippen molar-refractivity contribution in [1.82, 2.24) is 14.8 Å². The van der Waals surface area contributed by atoms with E-state index in [-0.39, 0.29) is 6.09 Å². The predicted octanol–water partition coefficient (Wildman–Crippen LogP) is 2.37. The van der Waals surface area contributed by atoms with E-state index in [0.717, 1.165) is 32.6 Å². The molecule has 1 atom stereocenters. The number of hydrogen-bond acceptors (Lipinski definition) is 3. The van der Waals surface area contributed by atoms with E-state index in [9.17, 15) is 4.79 Å². The lowest BCUT2D eigenvalue weighted by Gasteiger charge is -2.24. The van der Waals surface area contributed by atoms with Crippen molar-refractivity contribution in [1.29, 1.82) is 0 Å². The van der Waals surface area contributed by atoms with Gasteiger partial charge in [0, 0.05) is 45.1 Å². The fourth-order valence-corrected chi connectivity index (χ4v) is 2.58. The second-order valence-electron chi connectivity index (χ2n) is 6.82. The molecule has 1 aromatic rings. The van der Waals surface area contributed by atoms with Crippen LogP contribution in [0, 0.1) is 5.92 Å². The molecule has 0 saturated carbocycles. The van der Waals surface area contributed by atoms with Crippen molar-refractivity contribution in [2.45, 2.75) is 39.3 Å². The van der Waals surface area contributed by atoms with E-state index in [2.05, 4.69) is 35.3 Å². The molecule has 0 spiro atoms. The summed E-state index contributed by atoms with van der Waals surface area (Å²) in [5.74, 6) is 0.512. The Hall–Kier alpha value is -1.49. The minimum Gasteiger partial charge on any atom is -0.444 e. The highest BCUT2D eigenvalue weighted by molar-refractivity contribution is 5.68. The Labute approximate surface area is 127 Å². The first-order valence-electron chi connectivity index (χ1n) is 7.64. The van der Waals surface area contributed by atoms with Gasteiger partial charge in [0.25, 0.3) is 0 Å². The molecule has 1 fully saturated rings. The first kappa shape index (κ1) is 15.9. The van der Waals surface area contributed by atoms with Gasteiger partial charge in [-0.25, -0.2) is 4.79 Å². The van der Waals surface area contributed by atoms with E-state index in [4.69, 9.17) is 4.74 Å². The Morgan fingerprint density at radius 3 is 2.86 bits per heavy atom. The highest BCUT2D eigenvalue weighted by Gasteiger charge is 2.29. The first-order chi connectivity index (χ1) is 9.85. The zero-order chi connectivity index (χ0) is 15.5. The maximum absolute atomic E-state index is 12.0. The molecule has 2 heterocycles. The molecule has 1 N–H and O–H groups in total. The second-order valence-corrected chi connectivity index (χ2v) is 6.82. The molecule has 1 aliphatic heterocycles. The van der Waals surface area contributed by atoms with Crippen LogP contribution < -0.4 is 5.32 Å². The molecule has 0 aliphatic carbocycles. The van der Waals surface area contributed by atoms with E-state index in [1.165, 1.54) is 5.69 Å². The minimum atomic E-state index is -0.417. The van der Waals surface area contributed by atoms with Gasteiger partial charge in [0.1, 0.15) is 5.60 Å². The molecular weight excluding hydrogens is 266 g/mol. The van der Waals surface area contributed by atoms with Gasteiger partial charge in [-0.15, -0.1) is 0 Å². The monoisotopic (exact) mass is 293 g/mol. The van der Waals surface area contributed by atoms with Crippen LogP contribution in [0.3, 0.4) is 0 Å². The van der Waals surface area contributed by atoms with Crippen LogP contribution >= 0.6 is 0 Å². The molecular formula is C16H27N3O2. The van der Waals surface area contributed by atoms with Gasteiger partial charge in [-0.1, -0.05) is 0 Å². The fourth-order valence-electron chi connectivity index (χ4n) is 2.58. The van der Waals surface area contributed by atoms with Crippen molar-refractivity contribution in [2.75, 3.05) is 19.6 Å². The lowest BCUT2D eigenvalue weighted by atomic mass is 10.1. The minimum absolute atomic E-state index is 0.188. The number of nitrogens with zero attached hydrogens (tertiary/aromatic N) is 2. The molecule has 0 aromatic carbocycles. The van der Waals surface area contributed by atoms with Crippen LogP contribution in [-0.4, -0.2) is 40.8 Å². The molecule has 5 heteroatoms. The summed E-state index contributed by atoms with van der Waals surface area (Å²) in [4.78, 5) is 13.8. The van der Waals surface area contributed by atoms with E-state index >= 15 is 0 Å². The number of amides is 1. The van der Waals surface area contributed by atoms with E-state index in [0.29, 0.717) is 5.92 Å². The standard InChI is InChI=1S/C16H27N3O2/c1-16(2,3)21-15(20)19-9-7-13(12-19)10-17-11-14-6-5-8-18(14)4/h5-6,8,13,17H,7,9-12H2,1-4H3/t13-/m0/s1. The summed E-state index contributed by atoms with van der Waals surface area (Å²) in [5, 5.41) is 3.48. The third-order valence-corrected chi connectivity index (χ3v) is 3.73. The van der Waals surface area contributed by atoms with E-state index in [1.54, 1.807) is 0 Å². The van der Waals surface area contributed by atoms with Crippen LogP contribution in [0.2, 0.25) is 0 Å². The lowest BCUT2D eigenvalue weighted by Crippen LogP contribution is -2.36. The fraction of sp³-hybridized carbons (Fsp3) is 0.688. The van der Waals surface area contributed by atoms with Crippen LogP contribution in [-0.2, 0) is 18.3 Å². The highest BCUT2D eigenvalue weighted by atomic mass is 16.6. The number of rotatable bonds is 4. The van der Waals surface area contributed by atoms with Gasteiger partial charge in [-0.3, -0.25) is 0 Å². The number of aromatic nitrogens is 1. The molecule has 1 aromatic heterocycles. The van der Waals surface area contributed by atoms with Gasteiger partial charge in [0.15, 0.2) is 0 Å². The highest BCUT2D eigenvalue weighted by Crippen LogP contribution is 2.19. The van der Waals surface area contributed by atoms with Crippen molar-refractivity contribution in [2.24, 2.45) is 13.0 Å². The number of carbonyl (C=O) groups excluding carboxylic acids is 1. The van der Waals surface area contributed by atoms with E-state index in [1.807, 2.05) is 25.7 Å². The average molecular weight is 293 g/mol. The van der Waals surface area contributed by atoms with Gasteiger partial charge in [0.2, 0.25) is 0 Å². The zero-order valence-corrected chi connectivity index (χ0v) is 13.6. The third-order valence-electron chi connectivity index (χ3n) is 3.73. The molecule has 0 radical (unpaired) electrons. The molecule has 2 rings (SSSR count). The summed E-state index contributed by atoms with van der Waals surface area (Å²) in [5.41, 5.74) is 0.858. The van der Waals surface area contributed by atoms with Gasteiger partial charge < -0.3 is 19.5 Å². The number of hydrogen-bond donors (Lipinski definition) is 1. The molecule has 0 bridgehead atoms. The van der Waals surface area contributed by atoms with Crippen molar-refractivity contribution in [3.63, 3.8) is 0 Å².